The van der Waals surface area contributed by atoms with Crippen LogP contribution in [0, 0.1) is 6.92 Å². The van der Waals surface area contributed by atoms with Crippen molar-refractivity contribution >= 4 is 5.91 Å². The van der Waals surface area contributed by atoms with Crippen LogP contribution in [0.15, 0.2) is 10.6 Å². The van der Waals surface area contributed by atoms with Gasteiger partial charge in [0.1, 0.15) is 0 Å². The van der Waals surface area contributed by atoms with Crippen LogP contribution in [0.5, 0.6) is 0 Å². The Balaban J connectivity index is 1.53. The zero-order valence-electron chi connectivity index (χ0n) is 12.6. The number of aryl methyl sites for hydroxylation is 1. The van der Waals surface area contributed by atoms with E-state index < -0.39 is 0 Å². The maximum atomic E-state index is 12.4. The molecule has 6 nitrogen and oxygen atoms in total. The van der Waals surface area contributed by atoms with Crippen LogP contribution in [0.2, 0.25) is 0 Å². The van der Waals surface area contributed by atoms with Gasteiger partial charge in [0.25, 0.3) is 5.91 Å². The second-order valence-corrected chi connectivity index (χ2v) is 5.91. The highest BCUT2D eigenvalue weighted by Gasteiger charge is 2.25. The number of amides is 1. The monoisotopic (exact) mass is 293 g/mol. The summed E-state index contributed by atoms with van der Waals surface area (Å²) < 4.78 is 10.8. The van der Waals surface area contributed by atoms with E-state index >= 15 is 0 Å². The van der Waals surface area contributed by atoms with E-state index in [0.717, 1.165) is 57.9 Å². The van der Waals surface area contributed by atoms with Gasteiger partial charge in [0.15, 0.2) is 0 Å². The van der Waals surface area contributed by atoms with E-state index in [9.17, 15) is 4.79 Å². The van der Waals surface area contributed by atoms with Gasteiger partial charge in [-0.1, -0.05) is 5.16 Å². The maximum absolute atomic E-state index is 12.4. The molecule has 1 atom stereocenters. The maximum Gasteiger partial charge on any atom is 0.292 e. The molecule has 2 aliphatic rings. The van der Waals surface area contributed by atoms with Crippen LogP contribution in [-0.4, -0.2) is 66.3 Å². The Kier molecular flexibility index (Phi) is 4.55. The Morgan fingerprint density at radius 2 is 2.24 bits per heavy atom. The van der Waals surface area contributed by atoms with Crippen molar-refractivity contribution in [3.63, 3.8) is 0 Å². The van der Waals surface area contributed by atoms with E-state index in [4.69, 9.17) is 9.26 Å². The minimum Gasteiger partial charge on any atom is -0.377 e. The zero-order chi connectivity index (χ0) is 14.7. The SMILES string of the molecule is Cc1cc(C(=O)N2CCCN(C[C@@H]3CCCO3)CC2)on1. The standard InChI is InChI=1S/C15H23N3O3/c1-12-10-14(21-16-12)15(19)18-6-3-5-17(7-8-18)11-13-4-2-9-20-13/h10,13H,2-9,11H2,1H3/t13-/m0/s1. The second kappa shape index (κ2) is 6.58. The predicted octanol–water partition coefficient (Wildman–Crippen LogP) is 1.31. The molecule has 0 unspecified atom stereocenters. The molecule has 0 saturated carbocycles. The normalized spacial score (nSPS) is 24.2. The molecule has 2 saturated heterocycles. The highest BCUT2D eigenvalue weighted by Crippen LogP contribution is 2.15. The smallest absolute Gasteiger partial charge is 0.292 e. The van der Waals surface area contributed by atoms with Gasteiger partial charge in [-0.15, -0.1) is 0 Å². The minimum absolute atomic E-state index is 0.0467. The number of nitrogens with zero attached hydrogens (tertiary/aromatic N) is 3. The van der Waals surface area contributed by atoms with Gasteiger partial charge in [0, 0.05) is 38.9 Å². The number of carbonyl (C=O) groups is 1. The van der Waals surface area contributed by atoms with Crippen molar-refractivity contribution in [2.75, 3.05) is 39.3 Å². The van der Waals surface area contributed by atoms with Gasteiger partial charge < -0.3 is 14.2 Å². The molecule has 0 radical (unpaired) electrons. The molecule has 0 aliphatic carbocycles. The fourth-order valence-electron chi connectivity index (χ4n) is 3.05. The molecule has 1 aromatic rings. The fraction of sp³-hybridized carbons (Fsp3) is 0.733. The first-order valence-electron chi connectivity index (χ1n) is 7.79. The van der Waals surface area contributed by atoms with Crippen molar-refractivity contribution in [3.05, 3.63) is 17.5 Å². The fourth-order valence-corrected chi connectivity index (χ4v) is 3.05. The van der Waals surface area contributed by atoms with Crippen molar-refractivity contribution in [3.8, 4) is 0 Å². The summed E-state index contributed by atoms with van der Waals surface area (Å²) in [6.45, 7) is 7.16. The van der Waals surface area contributed by atoms with E-state index in [1.54, 1.807) is 6.07 Å². The van der Waals surface area contributed by atoms with Crippen LogP contribution in [-0.2, 0) is 4.74 Å². The first-order chi connectivity index (χ1) is 10.2. The molecule has 116 valence electrons. The topological polar surface area (TPSA) is 58.8 Å². The largest absolute Gasteiger partial charge is 0.377 e. The highest BCUT2D eigenvalue weighted by molar-refractivity contribution is 5.91. The highest BCUT2D eigenvalue weighted by atomic mass is 16.5. The van der Waals surface area contributed by atoms with Crippen molar-refractivity contribution in [1.82, 2.24) is 15.0 Å². The average Bonchev–Trinajstić information content (AvgIpc) is 3.07. The molecule has 1 amide bonds. The van der Waals surface area contributed by atoms with E-state index in [1.165, 1.54) is 6.42 Å². The van der Waals surface area contributed by atoms with E-state index in [1.807, 2.05) is 11.8 Å². The second-order valence-electron chi connectivity index (χ2n) is 5.91. The molecule has 2 fully saturated rings. The van der Waals surface area contributed by atoms with Crippen LogP contribution in [0.25, 0.3) is 0 Å². The molecule has 0 spiro atoms. The molecule has 3 heterocycles. The third-order valence-electron chi connectivity index (χ3n) is 4.20. The van der Waals surface area contributed by atoms with Gasteiger partial charge in [-0.2, -0.15) is 0 Å². The summed E-state index contributed by atoms with van der Waals surface area (Å²) in [5.74, 6) is 0.301. The average molecular weight is 293 g/mol. The van der Waals surface area contributed by atoms with Crippen LogP contribution in [0.3, 0.4) is 0 Å². The molecule has 3 rings (SSSR count). The number of ether oxygens (including phenoxy) is 1. The van der Waals surface area contributed by atoms with Gasteiger partial charge in [-0.3, -0.25) is 9.69 Å². The number of carbonyl (C=O) groups excluding carboxylic acids is 1. The van der Waals surface area contributed by atoms with Crippen LogP contribution in [0.4, 0.5) is 0 Å². The van der Waals surface area contributed by atoms with E-state index in [2.05, 4.69) is 10.1 Å². The van der Waals surface area contributed by atoms with Gasteiger partial charge in [-0.25, -0.2) is 0 Å². The number of rotatable bonds is 3. The summed E-state index contributed by atoms with van der Waals surface area (Å²) in [5, 5.41) is 3.79. The summed E-state index contributed by atoms with van der Waals surface area (Å²) in [6.07, 6.45) is 3.71. The molecule has 2 aliphatic heterocycles. The first-order valence-corrected chi connectivity index (χ1v) is 7.79. The number of aromatic nitrogens is 1. The summed E-state index contributed by atoms with van der Waals surface area (Å²) in [7, 11) is 0. The minimum atomic E-state index is -0.0467. The van der Waals surface area contributed by atoms with Gasteiger partial charge in [0.05, 0.1) is 11.8 Å². The van der Waals surface area contributed by atoms with Crippen LogP contribution < -0.4 is 0 Å². The summed E-state index contributed by atoms with van der Waals surface area (Å²) >= 11 is 0. The van der Waals surface area contributed by atoms with Crippen molar-refractivity contribution < 1.29 is 14.1 Å². The molecule has 21 heavy (non-hydrogen) atoms. The number of hydrogen-bond acceptors (Lipinski definition) is 5. The molecular formula is C15H23N3O3. The Bertz CT molecular complexity index is 482. The predicted molar refractivity (Wildman–Crippen MR) is 77.2 cm³/mol. The molecule has 1 aromatic heterocycles. The Labute approximate surface area is 125 Å². The summed E-state index contributed by atoms with van der Waals surface area (Å²) in [5.41, 5.74) is 0.744. The molecule has 0 aromatic carbocycles. The van der Waals surface area contributed by atoms with Gasteiger partial charge in [-0.05, 0) is 32.7 Å². The Hall–Kier alpha value is -1.40. The van der Waals surface area contributed by atoms with Crippen LogP contribution in [0.1, 0.15) is 35.5 Å². The lowest BCUT2D eigenvalue weighted by Crippen LogP contribution is -2.37. The van der Waals surface area contributed by atoms with E-state index in [0.29, 0.717) is 11.9 Å². The molecule has 0 bridgehead atoms. The van der Waals surface area contributed by atoms with Crippen molar-refractivity contribution in [2.45, 2.75) is 32.3 Å². The lowest BCUT2D eigenvalue weighted by molar-refractivity contribution is 0.0681. The van der Waals surface area contributed by atoms with Crippen molar-refractivity contribution in [1.29, 1.82) is 0 Å². The van der Waals surface area contributed by atoms with Gasteiger partial charge in [0.2, 0.25) is 5.76 Å². The Morgan fingerprint density at radius 1 is 1.33 bits per heavy atom. The lowest BCUT2D eigenvalue weighted by Gasteiger charge is -2.23. The van der Waals surface area contributed by atoms with E-state index in [-0.39, 0.29) is 5.91 Å². The molecular weight excluding hydrogens is 270 g/mol. The third-order valence-corrected chi connectivity index (χ3v) is 4.20. The van der Waals surface area contributed by atoms with Crippen LogP contribution >= 0.6 is 0 Å². The first kappa shape index (κ1) is 14.5. The third kappa shape index (κ3) is 3.63. The summed E-state index contributed by atoms with van der Waals surface area (Å²) in [4.78, 5) is 16.6. The quantitative estimate of drug-likeness (QED) is 0.841. The van der Waals surface area contributed by atoms with Gasteiger partial charge >= 0.3 is 0 Å². The summed E-state index contributed by atoms with van der Waals surface area (Å²) in [6, 6.07) is 1.71. The molecule has 0 N–H and O–H groups in total. The molecule has 6 heteroatoms. The van der Waals surface area contributed by atoms with Crippen molar-refractivity contribution in [2.24, 2.45) is 0 Å². The Morgan fingerprint density at radius 3 is 2.95 bits per heavy atom. The number of hydrogen-bond donors (Lipinski definition) is 0. The zero-order valence-corrected chi connectivity index (χ0v) is 12.6. The lowest BCUT2D eigenvalue weighted by atomic mass is 10.2.